The van der Waals surface area contributed by atoms with Crippen molar-refractivity contribution >= 4 is 60.3 Å². The Morgan fingerprint density at radius 3 is 1.38 bits per heavy atom. The summed E-state index contributed by atoms with van der Waals surface area (Å²) < 4.78 is 3.90. The second-order valence-electron chi connectivity index (χ2n) is 3.97. The van der Waals surface area contributed by atoms with E-state index in [0.717, 1.165) is 21.2 Å². The quantitative estimate of drug-likeness (QED) is 0.570. The SMILES string of the molecule is Cn1cccc1/C([S-])=C/[S-].Cn1cccc1/C([S-])=C/[S-].[Ni]. The number of nitrogens with zero attached hydrogens (tertiary/aromatic N) is 2. The summed E-state index contributed by atoms with van der Waals surface area (Å²) in [7, 11) is 3.89. The van der Waals surface area contributed by atoms with E-state index in [0.29, 0.717) is 0 Å². The Morgan fingerprint density at radius 2 is 1.19 bits per heavy atom. The molecule has 0 spiro atoms. The van der Waals surface area contributed by atoms with Gasteiger partial charge < -0.3 is 59.6 Å². The molecule has 0 radical (unpaired) electrons. The smallest absolute Gasteiger partial charge is 0.0190 e. The van der Waals surface area contributed by atoms with Gasteiger partial charge in [-0.05, 0) is 24.3 Å². The van der Waals surface area contributed by atoms with Gasteiger partial charge in [-0.3, -0.25) is 0 Å². The maximum absolute atomic E-state index is 4.98. The van der Waals surface area contributed by atoms with Crippen LogP contribution < -0.4 is 0 Å². The van der Waals surface area contributed by atoms with Crippen molar-refractivity contribution in [2.75, 3.05) is 0 Å². The van der Waals surface area contributed by atoms with E-state index in [1.54, 1.807) is 0 Å². The van der Waals surface area contributed by atoms with Gasteiger partial charge in [0.25, 0.3) is 0 Å². The van der Waals surface area contributed by atoms with Gasteiger partial charge >= 0.3 is 0 Å². The normalized spacial score (nSPS) is 11.3. The fourth-order valence-corrected chi connectivity index (χ4v) is 2.22. The van der Waals surface area contributed by atoms with Crippen LogP contribution in [-0.2, 0) is 81.1 Å². The Bertz CT molecular complexity index is 560. The van der Waals surface area contributed by atoms with Gasteiger partial charge in [0.2, 0.25) is 0 Å². The predicted molar refractivity (Wildman–Crippen MR) is 96.2 cm³/mol. The van der Waals surface area contributed by atoms with Crippen LogP contribution in [0.5, 0.6) is 0 Å². The van der Waals surface area contributed by atoms with Crippen molar-refractivity contribution in [1.29, 1.82) is 0 Å². The molecule has 0 aliphatic carbocycles. The molecule has 0 N–H and O–H groups in total. The van der Waals surface area contributed by atoms with Gasteiger partial charge in [0.1, 0.15) is 0 Å². The first-order valence-corrected chi connectivity index (χ1v) is 7.49. The number of aromatic nitrogens is 2. The van der Waals surface area contributed by atoms with Crippen LogP contribution in [0.3, 0.4) is 0 Å². The molecule has 2 aromatic rings. The first kappa shape index (κ1) is 20.4. The van der Waals surface area contributed by atoms with Crippen molar-refractivity contribution in [2.24, 2.45) is 14.1 Å². The van der Waals surface area contributed by atoms with E-state index in [9.17, 15) is 0 Å². The molecule has 2 nitrogen and oxygen atoms in total. The van der Waals surface area contributed by atoms with E-state index in [-0.39, 0.29) is 16.5 Å². The largest absolute Gasteiger partial charge is 0.789 e. The Hall–Kier alpha value is -0.586. The van der Waals surface area contributed by atoms with Crippen molar-refractivity contribution in [2.45, 2.75) is 0 Å². The van der Waals surface area contributed by atoms with E-state index in [2.05, 4.69) is 0 Å². The average Bonchev–Trinajstić information content (AvgIpc) is 3.06. The van der Waals surface area contributed by atoms with Crippen LogP contribution >= 0.6 is 0 Å². The third kappa shape index (κ3) is 5.97. The number of rotatable bonds is 2. The third-order valence-corrected chi connectivity index (χ3v) is 4.03. The Balaban J connectivity index is 0.000000364. The van der Waals surface area contributed by atoms with Gasteiger partial charge in [0.05, 0.1) is 0 Å². The average molecular weight is 397 g/mol. The summed E-state index contributed by atoms with van der Waals surface area (Å²) in [6.07, 6.45) is 3.89. The molecule has 0 bridgehead atoms. The molecule has 0 fully saturated rings. The topological polar surface area (TPSA) is 9.86 Å². The molecule has 7 heteroatoms. The van der Waals surface area contributed by atoms with Gasteiger partial charge in [-0.25, -0.2) is 10.8 Å². The van der Waals surface area contributed by atoms with Crippen LogP contribution in [-0.4, -0.2) is 9.13 Å². The Labute approximate surface area is 158 Å². The molecular weight excluding hydrogens is 383 g/mol. The summed E-state index contributed by atoms with van der Waals surface area (Å²) in [6.45, 7) is 0. The third-order valence-electron chi connectivity index (χ3n) is 2.61. The fraction of sp³-hybridized carbons (Fsp3) is 0.143. The van der Waals surface area contributed by atoms with Crippen LogP contribution in [0.15, 0.2) is 47.5 Å². The second-order valence-corrected chi connectivity index (χ2v) is 5.32. The van der Waals surface area contributed by atoms with Gasteiger partial charge in [-0.1, -0.05) is 0 Å². The van der Waals surface area contributed by atoms with E-state index >= 15 is 0 Å². The summed E-state index contributed by atoms with van der Waals surface area (Å²) in [4.78, 5) is 1.45. The minimum Gasteiger partial charge on any atom is -0.789 e. The van der Waals surface area contributed by atoms with Crippen molar-refractivity contribution in [1.82, 2.24) is 9.13 Å². The van der Waals surface area contributed by atoms with Crippen LogP contribution in [0.1, 0.15) is 11.4 Å². The standard InChI is InChI=1S/2C7H9NS2.Ni/c2*1-8-4-2-3-6(8)7(10)5-9;/h2*2-5,9-10H,1H3;/p-4/b2*7-5-;. The molecule has 0 aliphatic rings. The molecule has 0 aromatic carbocycles. The first-order valence-electron chi connectivity index (χ1n) is 5.73. The summed E-state index contributed by atoms with van der Waals surface area (Å²) in [5.41, 5.74) is 2.01. The molecule has 21 heavy (non-hydrogen) atoms. The van der Waals surface area contributed by atoms with E-state index in [4.69, 9.17) is 50.5 Å². The van der Waals surface area contributed by atoms with Crippen molar-refractivity contribution in [3.63, 3.8) is 0 Å². The molecule has 118 valence electrons. The van der Waals surface area contributed by atoms with Crippen molar-refractivity contribution < 1.29 is 16.5 Å². The zero-order valence-electron chi connectivity index (χ0n) is 11.5. The Kier molecular flexibility index (Phi) is 9.91. The van der Waals surface area contributed by atoms with Gasteiger partial charge in [-0.15, -0.1) is 0 Å². The summed E-state index contributed by atoms with van der Waals surface area (Å²) in [6, 6.07) is 7.79. The fourth-order valence-electron chi connectivity index (χ4n) is 1.55. The molecule has 0 saturated heterocycles. The minimum atomic E-state index is 0. The maximum Gasteiger partial charge on any atom is 0.0190 e. The Morgan fingerprint density at radius 1 is 0.857 bits per heavy atom. The molecule has 0 saturated carbocycles. The molecular formula is C14H14N2NiS4-4. The molecule has 0 unspecified atom stereocenters. The van der Waals surface area contributed by atoms with Gasteiger partial charge in [0.15, 0.2) is 0 Å². The molecule has 2 aromatic heterocycles. The zero-order valence-corrected chi connectivity index (χ0v) is 15.7. The van der Waals surface area contributed by atoms with E-state index in [1.807, 2.05) is 59.9 Å². The molecule has 2 heterocycles. The monoisotopic (exact) mass is 396 g/mol. The molecule has 2 rings (SSSR count). The van der Waals surface area contributed by atoms with Gasteiger partial charge in [-0.2, -0.15) is 9.81 Å². The molecule has 0 atom stereocenters. The zero-order chi connectivity index (χ0) is 15.1. The summed E-state index contributed by atoms with van der Waals surface area (Å²) >= 11 is 19.4. The number of aryl methyl sites for hydroxylation is 2. The molecule has 0 amide bonds. The van der Waals surface area contributed by atoms with Crippen LogP contribution in [0.25, 0.3) is 9.81 Å². The van der Waals surface area contributed by atoms with Crippen LogP contribution in [0, 0.1) is 0 Å². The maximum atomic E-state index is 4.98. The van der Waals surface area contributed by atoms with Crippen molar-refractivity contribution in [3.8, 4) is 0 Å². The van der Waals surface area contributed by atoms with Crippen LogP contribution in [0.2, 0.25) is 0 Å². The first-order chi connectivity index (χ1) is 9.51. The van der Waals surface area contributed by atoms with Gasteiger partial charge in [0, 0.05) is 54.4 Å². The minimum absolute atomic E-state index is 0. The second kappa shape index (κ2) is 10.2. The summed E-state index contributed by atoms with van der Waals surface area (Å²) in [5.74, 6) is 0. The number of hydrogen-bond donors (Lipinski definition) is 0. The number of hydrogen-bond acceptors (Lipinski definition) is 4. The van der Waals surface area contributed by atoms with E-state index < -0.39 is 0 Å². The molecule has 0 aliphatic heterocycles. The van der Waals surface area contributed by atoms with E-state index in [1.165, 1.54) is 10.8 Å². The van der Waals surface area contributed by atoms with Crippen molar-refractivity contribution in [3.05, 3.63) is 58.9 Å². The predicted octanol–water partition coefficient (Wildman–Crippen LogP) is 2.83. The summed E-state index contributed by atoms with van der Waals surface area (Å²) in [5, 5.41) is 3.04. The van der Waals surface area contributed by atoms with Crippen LogP contribution in [0.4, 0.5) is 0 Å².